The van der Waals surface area contributed by atoms with Crippen molar-refractivity contribution in [2.24, 2.45) is 0 Å². The lowest BCUT2D eigenvalue weighted by Crippen LogP contribution is -2.70. The van der Waals surface area contributed by atoms with Gasteiger partial charge in [0.05, 0.1) is 19.4 Å². The third kappa shape index (κ3) is 4.72. The third-order valence-electron chi connectivity index (χ3n) is 5.39. The van der Waals surface area contributed by atoms with Crippen LogP contribution in [0.4, 0.5) is 5.69 Å². The van der Waals surface area contributed by atoms with E-state index in [1.807, 2.05) is 30.3 Å². The maximum absolute atomic E-state index is 13.4. The number of amides is 2. The molecule has 31 heavy (non-hydrogen) atoms. The van der Waals surface area contributed by atoms with Crippen LogP contribution in [0.5, 0.6) is 5.75 Å². The first-order valence-corrected chi connectivity index (χ1v) is 11.6. The fraction of sp³-hybridized carbons (Fsp3) is 0.364. The second kappa shape index (κ2) is 9.07. The van der Waals surface area contributed by atoms with E-state index < -0.39 is 27.4 Å². The van der Waals surface area contributed by atoms with Gasteiger partial charge in [0.2, 0.25) is 21.8 Å². The number of nitrogens with zero attached hydrogens (tertiary/aromatic N) is 2. The summed E-state index contributed by atoms with van der Waals surface area (Å²) in [5.74, 6) is -0.542. The summed E-state index contributed by atoms with van der Waals surface area (Å²) in [4.78, 5) is 27.9. The molecular formula is C22H27N3O5S. The molecule has 1 atom stereocenters. The molecule has 1 aliphatic heterocycles. The number of carbonyl (C=O) groups excluding carboxylic acids is 2. The second-order valence-corrected chi connectivity index (χ2v) is 9.80. The first kappa shape index (κ1) is 22.8. The van der Waals surface area contributed by atoms with Gasteiger partial charge >= 0.3 is 0 Å². The smallest absolute Gasteiger partial charge is 0.247 e. The van der Waals surface area contributed by atoms with Crippen molar-refractivity contribution in [1.29, 1.82) is 0 Å². The number of rotatable bonds is 7. The number of benzene rings is 2. The lowest BCUT2D eigenvalue weighted by molar-refractivity contribution is -0.133. The van der Waals surface area contributed by atoms with Crippen molar-refractivity contribution in [2.75, 3.05) is 30.9 Å². The molecule has 0 saturated carbocycles. The highest BCUT2D eigenvalue weighted by atomic mass is 32.2. The quantitative estimate of drug-likeness (QED) is 0.701. The van der Waals surface area contributed by atoms with Crippen LogP contribution in [0.15, 0.2) is 54.6 Å². The Bertz CT molecular complexity index is 1060. The summed E-state index contributed by atoms with van der Waals surface area (Å²) in [5.41, 5.74) is -0.0820. The summed E-state index contributed by atoms with van der Waals surface area (Å²) >= 11 is 0. The minimum atomic E-state index is -3.66. The van der Waals surface area contributed by atoms with Crippen LogP contribution in [0.25, 0.3) is 0 Å². The van der Waals surface area contributed by atoms with Gasteiger partial charge in [-0.05, 0) is 31.5 Å². The van der Waals surface area contributed by atoms with Gasteiger partial charge in [0.25, 0.3) is 0 Å². The monoisotopic (exact) mass is 445 g/mol. The molecule has 2 aromatic carbocycles. The molecule has 1 fully saturated rings. The van der Waals surface area contributed by atoms with Crippen molar-refractivity contribution in [3.8, 4) is 5.75 Å². The van der Waals surface area contributed by atoms with Gasteiger partial charge in [-0.25, -0.2) is 8.42 Å². The van der Waals surface area contributed by atoms with E-state index in [1.165, 1.54) is 18.9 Å². The molecule has 3 rings (SSSR count). The Hall–Kier alpha value is -2.91. The number of anilines is 1. The van der Waals surface area contributed by atoms with Gasteiger partial charge in [-0.2, -0.15) is 4.31 Å². The van der Waals surface area contributed by atoms with Crippen molar-refractivity contribution >= 4 is 27.5 Å². The Kier molecular flexibility index (Phi) is 6.66. The fourth-order valence-corrected chi connectivity index (χ4v) is 4.79. The molecule has 1 heterocycles. The molecule has 0 unspecified atom stereocenters. The number of hydrogen-bond acceptors (Lipinski definition) is 5. The fourth-order valence-electron chi connectivity index (χ4n) is 3.67. The molecule has 166 valence electrons. The molecule has 0 aromatic heterocycles. The highest BCUT2D eigenvalue weighted by Crippen LogP contribution is 2.32. The Morgan fingerprint density at radius 1 is 1.16 bits per heavy atom. The van der Waals surface area contributed by atoms with E-state index in [2.05, 4.69) is 5.32 Å². The normalized spacial score (nSPS) is 19.8. The summed E-state index contributed by atoms with van der Waals surface area (Å²) in [6.07, 6.45) is 0. The van der Waals surface area contributed by atoms with Crippen LogP contribution in [0.3, 0.4) is 0 Å². The van der Waals surface area contributed by atoms with Gasteiger partial charge in [-0.15, -0.1) is 0 Å². The lowest BCUT2D eigenvalue weighted by atomic mass is 9.94. The van der Waals surface area contributed by atoms with Gasteiger partial charge in [0.1, 0.15) is 11.3 Å². The summed E-state index contributed by atoms with van der Waals surface area (Å²) in [6.45, 7) is 2.89. The number of ether oxygens (including phenoxy) is 1. The predicted octanol–water partition coefficient (Wildman–Crippen LogP) is 1.77. The first-order valence-electron chi connectivity index (χ1n) is 9.98. The molecule has 9 heteroatoms. The lowest BCUT2D eigenvalue weighted by Gasteiger charge is -2.46. The third-order valence-corrected chi connectivity index (χ3v) is 7.17. The Morgan fingerprint density at radius 2 is 1.87 bits per heavy atom. The van der Waals surface area contributed by atoms with Crippen molar-refractivity contribution in [3.05, 3.63) is 60.2 Å². The molecule has 1 aliphatic rings. The van der Waals surface area contributed by atoms with Crippen molar-refractivity contribution in [2.45, 2.75) is 25.9 Å². The van der Waals surface area contributed by atoms with Gasteiger partial charge in [0, 0.05) is 24.8 Å². The molecule has 0 aliphatic carbocycles. The molecule has 0 radical (unpaired) electrons. The zero-order valence-electron chi connectivity index (χ0n) is 17.9. The standard InChI is InChI=1S/C22H27N3O5S/c1-4-31(28,29)24-15-20(26)25(18-11-8-12-19(13-18)30-3)22(2,16-24)21(27)23-14-17-9-6-5-7-10-17/h5-13H,4,14-16H2,1-3H3,(H,23,27)/t22-/m0/s1. The number of sulfonamides is 1. The van der Waals surface area contributed by atoms with Crippen molar-refractivity contribution in [3.63, 3.8) is 0 Å². The van der Waals surface area contributed by atoms with Gasteiger partial charge < -0.3 is 10.1 Å². The van der Waals surface area contributed by atoms with Crippen LogP contribution in [-0.2, 0) is 26.2 Å². The zero-order valence-corrected chi connectivity index (χ0v) is 18.7. The molecule has 2 amide bonds. The summed E-state index contributed by atoms with van der Waals surface area (Å²) in [5, 5.41) is 2.86. The predicted molar refractivity (Wildman–Crippen MR) is 118 cm³/mol. The number of nitrogens with one attached hydrogen (secondary N) is 1. The molecule has 1 N–H and O–H groups in total. The van der Waals surface area contributed by atoms with Crippen LogP contribution in [0.2, 0.25) is 0 Å². The SMILES string of the molecule is CCS(=O)(=O)N1CC(=O)N(c2cccc(OC)c2)[C@](C)(C(=O)NCc2ccccc2)C1. The topological polar surface area (TPSA) is 96.0 Å². The maximum Gasteiger partial charge on any atom is 0.247 e. The highest BCUT2D eigenvalue weighted by Gasteiger charge is 2.50. The number of piperazine rings is 1. The van der Waals surface area contributed by atoms with Crippen molar-refractivity contribution < 1.29 is 22.7 Å². The summed E-state index contributed by atoms with van der Waals surface area (Å²) < 4.78 is 31.4. The molecular weight excluding hydrogens is 418 g/mol. The van der Waals surface area contributed by atoms with E-state index in [4.69, 9.17) is 4.74 Å². The molecule has 2 aromatic rings. The maximum atomic E-state index is 13.4. The average molecular weight is 446 g/mol. The van der Waals surface area contributed by atoms with Gasteiger partial charge in [-0.1, -0.05) is 36.4 Å². The van der Waals surface area contributed by atoms with E-state index in [9.17, 15) is 18.0 Å². The van der Waals surface area contributed by atoms with E-state index in [0.29, 0.717) is 11.4 Å². The highest BCUT2D eigenvalue weighted by molar-refractivity contribution is 7.89. The average Bonchev–Trinajstić information content (AvgIpc) is 2.77. The Labute approximate surface area is 182 Å². The molecule has 1 saturated heterocycles. The van der Waals surface area contributed by atoms with E-state index in [0.717, 1.165) is 9.87 Å². The van der Waals surface area contributed by atoms with E-state index in [1.54, 1.807) is 31.2 Å². The first-order chi connectivity index (χ1) is 14.7. The summed E-state index contributed by atoms with van der Waals surface area (Å²) in [7, 11) is -2.15. The largest absolute Gasteiger partial charge is 0.497 e. The van der Waals surface area contributed by atoms with E-state index >= 15 is 0 Å². The molecule has 8 nitrogen and oxygen atoms in total. The minimum Gasteiger partial charge on any atom is -0.497 e. The summed E-state index contributed by atoms with van der Waals surface area (Å²) in [6, 6.07) is 16.2. The molecule has 0 spiro atoms. The van der Waals surface area contributed by atoms with Crippen LogP contribution in [0.1, 0.15) is 19.4 Å². The van der Waals surface area contributed by atoms with Gasteiger partial charge in [-0.3, -0.25) is 14.5 Å². The molecule has 0 bridgehead atoms. The number of hydrogen-bond donors (Lipinski definition) is 1. The van der Waals surface area contributed by atoms with Crippen LogP contribution in [0, 0.1) is 0 Å². The Morgan fingerprint density at radius 3 is 2.52 bits per heavy atom. The number of carbonyl (C=O) groups is 2. The Balaban J connectivity index is 1.98. The van der Waals surface area contributed by atoms with Crippen LogP contribution < -0.4 is 15.0 Å². The minimum absolute atomic E-state index is 0.146. The second-order valence-electron chi connectivity index (χ2n) is 7.54. The van der Waals surface area contributed by atoms with Crippen molar-refractivity contribution in [1.82, 2.24) is 9.62 Å². The van der Waals surface area contributed by atoms with Crippen LogP contribution >= 0.6 is 0 Å². The van der Waals surface area contributed by atoms with Crippen LogP contribution in [-0.4, -0.2) is 56.0 Å². The van der Waals surface area contributed by atoms with E-state index in [-0.39, 0.29) is 25.4 Å². The van der Waals surface area contributed by atoms with Gasteiger partial charge in [0.15, 0.2) is 0 Å². The number of methoxy groups -OCH3 is 1. The zero-order chi connectivity index (χ0) is 22.6.